The number of anilines is 1. The van der Waals surface area contributed by atoms with Crippen molar-refractivity contribution in [2.75, 3.05) is 24.5 Å². The number of aromatic nitrogens is 3. The topological polar surface area (TPSA) is 71.3 Å². The van der Waals surface area contributed by atoms with Crippen molar-refractivity contribution in [3.8, 4) is 5.69 Å². The molecule has 0 saturated carbocycles. The van der Waals surface area contributed by atoms with Gasteiger partial charge in [-0.2, -0.15) is 9.40 Å². The van der Waals surface area contributed by atoms with Crippen LogP contribution in [0.15, 0.2) is 59.9 Å². The summed E-state index contributed by atoms with van der Waals surface area (Å²) in [5.74, 6) is 0.253. The Hall–Kier alpha value is -2.78. The van der Waals surface area contributed by atoms with E-state index in [0.29, 0.717) is 36.7 Å². The fourth-order valence-corrected chi connectivity index (χ4v) is 5.35. The van der Waals surface area contributed by atoms with Gasteiger partial charge >= 0.3 is 0 Å². The molecule has 1 aliphatic rings. The maximum Gasteiger partial charge on any atom is 0.243 e. The van der Waals surface area contributed by atoms with Gasteiger partial charge in [0.15, 0.2) is 0 Å². The molecule has 152 valence electrons. The second kappa shape index (κ2) is 7.57. The van der Waals surface area contributed by atoms with E-state index in [1.165, 1.54) is 16.6 Å². The van der Waals surface area contributed by atoms with Crippen molar-refractivity contribution in [2.45, 2.75) is 24.8 Å². The monoisotopic (exact) mass is 415 g/mol. The van der Waals surface area contributed by atoms with Gasteiger partial charge in [0.05, 0.1) is 16.8 Å². The largest absolute Gasteiger partial charge is 0.351 e. The number of halogens is 1. The first kappa shape index (κ1) is 19.5. The van der Waals surface area contributed by atoms with Crippen molar-refractivity contribution >= 4 is 15.8 Å². The van der Waals surface area contributed by atoms with Crippen molar-refractivity contribution in [3.63, 3.8) is 0 Å². The highest BCUT2D eigenvalue weighted by Crippen LogP contribution is 2.26. The Kier molecular flexibility index (Phi) is 5.10. The molecule has 9 heteroatoms. The Morgan fingerprint density at radius 1 is 1.17 bits per heavy atom. The number of piperazine rings is 1. The Labute approximate surface area is 169 Å². The molecule has 1 saturated heterocycles. The quantitative estimate of drug-likeness (QED) is 0.655. The molecule has 1 aliphatic heterocycles. The maximum atomic E-state index is 13.4. The lowest BCUT2D eigenvalue weighted by atomic mass is 10.2. The van der Waals surface area contributed by atoms with E-state index in [2.05, 4.69) is 10.1 Å². The number of hydrogen-bond donors (Lipinski definition) is 0. The molecular formula is C20H22FN5O2S. The van der Waals surface area contributed by atoms with Gasteiger partial charge in [-0.1, -0.05) is 6.07 Å². The average Bonchev–Trinajstić information content (AvgIpc) is 3.24. The minimum atomic E-state index is -3.67. The SMILES string of the molecule is Cc1ccc(-n2cccn2)cc1S(=O)(=O)N1CCN(c2ccc(F)cn2)C(C)C1. The zero-order chi connectivity index (χ0) is 20.6. The fourth-order valence-electron chi connectivity index (χ4n) is 3.59. The predicted molar refractivity (Wildman–Crippen MR) is 108 cm³/mol. The average molecular weight is 415 g/mol. The number of benzene rings is 1. The van der Waals surface area contributed by atoms with Crippen LogP contribution in [0.3, 0.4) is 0 Å². The van der Waals surface area contributed by atoms with E-state index in [4.69, 9.17) is 0 Å². The molecule has 3 aromatic rings. The number of hydrogen-bond acceptors (Lipinski definition) is 5. The first-order valence-electron chi connectivity index (χ1n) is 9.35. The van der Waals surface area contributed by atoms with Crippen molar-refractivity contribution < 1.29 is 12.8 Å². The van der Waals surface area contributed by atoms with E-state index < -0.39 is 15.8 Å². The van der Waals surface area contributed by atoms with Gasteiger partial charge in [-0.05, 0) is 49.7 Å². The second-order valence-electron chi connectivity index (χ2n) is 7.14. The summed E-state index contributed by atoms with van der Waals surface area (Å²) in [5, 5.41) is 4.18. The lowest BCUT2D eigenvalue weighted by Gasteiger charge is -2.40. The molecule has 2 aromatic heterocycles. The molecule has 0 N–H and O–H groups in total. The normalized spacial score (nSPS) is 18.2. The molecule has 29 heavy (non-hydrogen) atoms. The molecule has 4 rings (SSSR count). The van der Waals surface area contributed by atoms with Crippen molar-refractivity contribution in [1.82, 2.24) is 19.1 Å². The molecule has 1 unspecified atom stereocenters. The summed E-state index contributed by atoms with van der Waals surface area (Å²) in [6, 6.07) is 9.99. The zero-order valence-electron chi connectivity index (χ0n) is 16.2. The number of sulfonamides is 1. The van der Waals surface area contributed by atoms with Gasteiger partial charge in [0.25, 0.3) is 0 Å². The van der Waals surface area contributed by atoms with E-state index in [1.54, 1.807) is 48.3 Å². The third-order valence-corrected chi connectivity index (χ3v) is 7.16. The fraction of sp³-hybridized carbons (Fsp3) is 0.300. The first-order valence-corrected chi connectivity index (χ1v) is 10.8. The molecule has 3 heterocycles. The highest BCUT2D eigenvalue weighted by atomic mass is 32.2. The van der Waals surface area contributed by atoms with Crippen LogP contribution in [-0.2, 0) is 10.0 Å². The summed E-state index contributed by atoms with van der Waals surface area (Å²) in [6.45, 7) is 4.88. The standard InChI is InChI=1S/C20H22FN5O2S/c1-15-4-6-18(26-9-3-8-23-26)12-19(15)29(27,28)24-10-11-25(16(2)14-24)20-7-5-17(21)13-22-20/h3-9,12-13,16H,10-11,14H2,1-2H3. The minimum absolute atomic E-state index is 0.0916. The number of aryl methyl sites for hydroxylation is 1. The minimum Gasteiger partial charge on any atom is -0.351 e. The van der Waals surface area contributed by atoms with E-state index in [9.17, 15) is 12.8 Å². The number of pyridine rings is 1. The lowest BCUT2D eigenvalue weighted by Crippen LogP contribution is -2.54. The van der Waals surface area contributed by atoms with Gasteiger partial charge < -0.3 is 4.90 Å². The van der Waals surface area contributed by atoms with Crippen LogP contribution >= 0.6 is 0 Å². The third kappa shape index (κ3) is 3.75. The first-order chi connectivity index (χ1) is 13.9. The van der Waals surface area contributed by atoms with Crippen LogP contribution in [0.25, 0.3) is 5.69 Å². The van der Waals surface area contributed by atoms with Crippen LogP contribution in [0.4, 0.5) is 10.2 Å². The Bertz CT molecular complexity index is 1100. The molecule has 1 atom stereocenters. The van der Waals surface area contributed by atoms with Gasteiger partial charge in [0.1, 0.15) is 11.6 Å². The summed E-state index contributed by atoms with van der Waals surface area (Å²) >= 11 is 0. The van der Waals surface area contributed by atoms with Gasteiger partial charge in [-0.3, -0.25) is 0 Å². The van der Waals surface area contributed by atoms with Crippen LogP contribution in [0.1, 0.15) is 12.5 Å². The number of rotatable bonds is 4. The van der Waals surface area contributed by atoms with Crippen LogP contribution in [-0.4, -0.2) is 53.2 Å². The van der Waals surface area contributed by atoms with Crippen LogP contribution in [0.2, 0.25) is 0 Å². The molecular weight excluding hydrogens is 393 g/mol. The van der Waals surface area contributed by atoms with Crippen LogP contribution in [0.5, 0.6) is 0 Å². The summed E-state index contributed by atoms with van der Waals surface area (Å²) < 4.78 is 43.1. The molecule has 0 amide bonds. The van der Waals surface area contributed by atoms with Crippen LogP contribution < -0.4 is 4.90 Å². The van der Waals surface area contributed by atoms with E-state index in [0.717, 1.165) is 0 Å². The van der Waals surface area contributed by atoms with Crippen molar-refractivity contribution in [1.29, 1.82) is 0 Å². The van der Waals surface area contributed by atoms with Gasteiger partial charge in [0.2, 0.25) is 10.0 Å². The maximum absolute atomic E-state index is 13.4. The highest BCUT2D eigenvalue weighted by molar-refractivity contribution is 7.89. The summed E-state index contributed by atoms with van der Waals surface area (Å²) in [5.41, 5.74) is 1.39. The Morgan fingerprint density at radius 3 is 2.66 bits per heavy atom. The molecule has 0 bridgehead atoms. The number of nitrogens with zero attached hydrogens (tertiary/aromatic N) is 5. The third-order valence-electron chi connectivity index (χ3n) is 5.15. The Balaban J connectivity index is 1.59. The van der Waals surface area contributed by atoms with Gasteiger partial charge in [-0.15, -0.1) is 0 Å². The smallest absolute Gasteiger partial charge is 0.243 e. The lowest BCUT2D eigenvalue weighted by molar-refractivity contribution is 0.341. The van der Waals surface area contributed by atoms with E-state index in [-0.39, 0.29) is 10.9 Å². The molecule has 0 aliphatic carbocycles. The van der Waals surface area contributed by atoms with Crippen molar-refractivity contribution in [3.05, 3.63) is 66.4 Å². The molecule has 1 aromatic carbocycles. The Morgan fingerprint density at radius 2 is 2.00 bits per heavy atom. The predicted octanol–water partition coefficient (Wildman–Crippen LogP) is 2.61. The zero-order valence-corrected chi connectivity index (χ0v) is 17.1. The summed E-state index contributed by atoms with van der Waals surface area (Å²) in [6.07, 6.45) is 4.60. The van der Waals surface area contributed by atoms with E-state index in [1.807, 2.05) is 17.9 Å². The van der Waals surface area contributed by atoms with Gasteiger partial charge in [0, 0.05) is 38.1 Å². The summed E-state index contributed by atoms with van der Waals surface area (Å²) in [7, 11) is -3.67. The molecule has 0 radical (unpaired) electrons. The second-order valence-corrected chi connectivity index (χ2v) is 9.05. The molecule has 0 spiro atoms. The molecule has 7 nitrogen and oxygen atoms in total. The summed E-state index contributed by atoms with van der Waals surface area (Å²) in [4.78, 5) is 6.41. The molecule has 1 fully saturated rings. The van der Waals surface area contributed by atoms with Gasteiger partial charge in [-0.25, -0.2) is 22.5 Å². The van der Waals surface area contributed by atoms with Crippen LogP contribution in [0, 0.1) is 12.7 Å². The van der Waals surface area contributed by atoms with E-state index >= 15 is 0 Å². The highest BCUT2D eigenvalue weighted by Gasteiger charge is 2.33. The van der Waals surface area contributed by atoms with Crippen molar-refractivity contribution in [2.24, 2.45) is 0 Å².